The summed E-state index contributed by atoms with van der Waals surface area (Å²) in [5.41, 5.74) is 1.18. The van der Waals surface area contributed by atoms with E-state index >= 15 is 0 Å². The molecule has 1 aromatic carbocycles. The second kappa shape index (κ2) is 7.06. The van der Waals surface area contributed by atoms with Crippen molar-refractivity contribution in [1.82, 2.24) is 9.88 Å². The number of imide groups is 1. The van der Waals surface area contributed by atoms with E-state index in [-0.39, 0.29) is 29.6 Å². The summed E-state index contributed by atoms with van der Waals surface area (Å²) in [5.74, 6) is -0.428. The number of fused-ring (bicyclic) bond motifs is 5. The predicted molar refractivity (Wildman–Crippen MR) is 109 cm³/mol. The Labute approximate surface area is 173 Å². The lowest BCUT2D eigenvalue weighted by Crippen LogP contribution is -2.46. The third-order valence-electron chi connectivity index (χ3n) is 6.73. The smallest absolute Gasteiger partial charge is 0.249 e. The number of nitrogens with one attached hydrogen (secondary N) is 1. The summed E-state index contributed by atoms with van der Waals surface area (Å²) in [7, 11) is 0. The quantitative estimate of drug-likeness (QED) is 0.770. The first-order valence-corrected chi connectivity index (χ1v) is 11.0. The van der Waals surface area contributed by atoms with Gasteiger partial charge in [0.15, 0.2) is 5.13 Å². The minimum absolute atomic E-state index is 0.154. The van der Waals surface area contributed by atoms with E-state index < -0.39 is 6.04 Å². The molecule has 2 heterocycles. The van der Waals surface area contributed by atoms with Gasteiger partial charge in [-0.05, 0) is 43.6 Å². The van der Waals surface area contributed by atoms with Crippen molar-refractivity contribution < 1.29 is 14.4 Å². The Kier molecular flexibility index (Phi) is 4.50. The number of rotatable bonds is 5. The third kappa shape index (κ3) is 3.08. The number of anilines is 1. The van der Waals surface area contributed by atoms with E-state index in [2.05, 4.69) is 22.4 Å². The number of benzene rings is 1. The molecule has 1 aromatic heterocycles. The highest BCUT2D eigenvalue weighted by atomic mass is 32.1. The maximum atomic E-state index is 12.9. The monoisotopic (exact) mass is 409 g/mol. The van der Waals surface area contributed by atoms with Crippen LogP contribution in [0.2, 0.25) is 0 Å². The molecule has 29 heavy (non-hydrogen) atoms. The van der Waals surface area contributed by atoms with Crippen molar-refractivity contribution >= 4 is 34.2 Å². The maximum Gasteiger partial charge on any atom is 0.249 e. The zero-order valence-electron chi connectivity index (χ0n) is 16.2. The average Bonchev–Trinajstić information content (AvgIpc) is 3.48. The number of aromatic nitrogens is 1. The molecule has 150 valence electrons. The molecule has 2 aliphatic carbocycles. The highest BCUT2D eigenvalue weighted by Crippen LogP contribution is 2.56. The number of likely N-dealkylation sites (tertiary alicyclic amines) is 1. The minimum atomic E-state index is -0.818. The van der Waals surface area contributed by atoms with Gasteiger partial charge in [0.25, 0.3) is 0 Å². The normalized spacial score (nSPS) is 28.7. The van der Waals surface area contributed by atoms with Crippen LogP contribution >= 0.6 is 11.3 Å². The van der Waals surface area contributed by atoms with Crippen molar-refractivity contribution in [3.8, 4) is 0 Å². The first kappa shape index (κ1) is 18.5. The number of nitrogens with zero attached hydrogens (tertiary/aromatic N) is 2. The lowest BCUT2D eigenvalue weighted by molar-refractivity contribution is -0.146. The van der Waals surface area contributed by atoms with E-state index in [1.807, 2.05) is 18.2 Å². The number of hydrogen-bond donors (Lipinski definition) is 1. The van der Waals surface area contributed by atoms with Crippen LogP contribution in [0.15, 0.2) is 36.5 Å². The number of carbonyl (C=O) groups is 3. The van der Waals surface area contributed by atoms with Gasteiger partial charge in [-0.25, -0.2) is 4.98 Å². The molecule has 2 bridgehead atoms. The van der Waals surface area contributed by atoms with Crippen LogP contribution in [-0.4, -0.2) is 33.6 Å². The molecule has 0 unspecified atom stereocenters. The molecule has 5 rings (SSSR count). The Hall–Kier alpha value is -2.54. The van der Waals surface area contributed by atoms with Gasteiger partial charge in [0.1, 0.15) is 6.04 Å². The number of carbonyl (C=O) groups excluding carboxylic acids is 3. The molecule has 1 aliphatic heterocycles. The van der Waals surface area contributed by atoms with E-state index in [1.54, 1.807) is 13.1 Å². The van der Waals surface area contributed by atoms with Gasteiger partial charge in [0.05, 0.1) is 11.8 Å². The van der Waals surface area contributed by atoms with Crippen molar-refractivity contribution in [3.63, 3.8) is 0 Å². The largest absolute Gasteiger partial charge is 0.300 e. The molecular weight excluding hydrogens is 386 g/mol. The first-order chi connectivity index (χ1) is 14.0. The maximum absolute atomic E-state index is 12.9. The third-order valence-corrected chi connectivity index (χ3v) is 7.65. The van der Waals surface area contributed by atoms with E-state index in [0.717, 1.165) is 30.6 Å². The Morgan fingerprint density at radius 3 is 2.48 bits per heavy atom. The van der Waals surface area contributed by atoms with Crippen LogP contribution in [0.4, 0.5) is 5.13 Å². The molecule has 1 N–H and O–H groups in total. The summed E-state index contributed by atoms with van der Waals surface area (Å²) in [6.07, 6.45) is 5.56. The summed E-state index contributed by atoms with van der Waals surface area (Å²) >= 11 is 1.41. The summed E-state index contributed by atoms with van der Waals surface area (Å²) in [6.45, 7) is 1.63. The van der Waals surface area contributed by atoms with Gasteiger partial charge >= 0.3 is 0 Å². The Balaban J connectivity index is 1.26. The molecule has 1 saturated heterocycles. The lowest BCUT2D eigenvalue weighted by Gasteiger charge is -2.23. The van der Waals surface area contributed by atoms with Gasteiger partial charge in [-0.2, -0.15) is 0 Å². The molecule has 3 aliphatic rings. The molecule has 3 fully saturated rings. The van der Waals surface area contributed by atoms with Gasteiger partial charge in [-0.15, -0.1) is 11.3 Å². The number of hydrogen-bond acceptors (Lipinski definition) is 5. The minimum Gasteiger partial charge on any atom is -0.300 e. The Morgan fingerprint density at radius 1 is 1.17 bits per heavy atom. The molecule has 6 nitrogen and oxygen atoms in total. The van der Waals surface area contributed by atoms with Crippen LogP contribution in [0.1, 0.15) is 36.6 Å². The van der Waals surface area contributed by atoms with Crippen LogP contribution in [0.3, 0.4) is 0 Å². The van der Waals surface area contributed by atoms with E-state index in [4.69, 9.17) is 0 Å². The van der Waals surface area contributed by atoms with Crippen LogP contribution in [0, 0.1) is 23.7 Å². The summed E-state index contributed by atoms with van der Waals surface area (Å²) in [4.78, 5) is 45.1. The molecule has 5 atom stereocenters. The Bertz CT molecular complexity index is 945. The van der Waals surface area contributed by atoms with Gasteiger partial charge < -0.3 is 5.32 Å². The second-order valence-electron chi connectivity index (χ2n) is 8.39. The fraction of sp³-hybridized carbons (Fsp3) is 0.455. The molecular formula is C22H23N3O3S. The standard InChI is InChI=1S/C22H23N3O3S/c1-12(25-20(27)17-14-7-8-15(10-14)18(17)21(25)28)19(26)24-22-23-11-16(29-22)9-13-5-3-2-4-6-13/h2-6,11-12,14-15,17-18H,7-10H2,1H3,(H,23,24,26)/t12-,14+,15+,17-,18+/m1/s1. The van der Waals surface area contributed by atoms with Crippen molar-refractivity contribution in [3.05, 3.63) is 47.0 Å². The average molecular weight is 410 g/mol. The van der Waals surface area contributed by atoms with E-state index in [1.165, 1.54) is 21.8 Å². The van der Waals surface area contributed by atoms with Crippen molar-refractivity contribution in [2.75, 3.05) is 5.32 Å². The van der Waals surface area contributed by atoms with Crippen molar-refractivity contribution in [1.29, 1.82) is 0 Å². The predicted octanol–water partition coefficient (Wildman–Crippen LogP) is 3.09. The molecule has 0 radical (unpaired) electrons. The van der Waals surface area contributed by atoms with Gasteiger partial charge in [0, 0.05) is 17.5 Å². The van der Waals surface area contributed by atoms with E-state index in [0.29, 0.717) is 17.0 Å². The molecule has 2 aromatic rings. The van der Waals surface area contributed by atoms with Gasteiger partial charge in [0.2, 0.25) is 17.7 Å². The summed E-state index contributed by atoms with van der Waals surface area (Å²) in [5, 5.41) is 3.28. The SMILES string of the molecule is C[C@H](C(=O)Nc1ncc(Cc2ccccc2)s1)N1C(=O)[C@@H]2[C@H]3CC[C@@H](C3)[C@@H]2C1=O. The highest BCUT2D eigenvalue weighted by Gasteiger charge is 2.62. The lowest BCUT2D eigenvalue weighted by atomic mass is 9.81. The Morgan fingerprint density at radius 2 is 1.83 bits per heavy atom. The topological polar surface area (TPSA) is 79.4 Å². The zero-order chi connectivity index (χ0) is 20.1. The zero-order valence-corrected chi connectivity index (χ0v) is 17.0. The van der Waals surface area contributed by atoms with Crippen LogP contribution < -0.4 is 5.32 Å². The van der Waals surface area contributed by atoms with Crippen LogP contribution in [-0.2, 0) is 20.8 Å². The van der Waals surface area contributed by atoms with Crippen LogP contribution in [0.5, 0.6) is 0 Å². The van der Waals surface area contributed by atoms with E-state index in [9.17, 15) is 14.4 Å². The highest BCUT2D eigenvalue weighted by molar-refractivity contribution is 7.15. The summed E-state index contributed by atoms with van der Waals surface area (Å²) in [6, 6.07) is 9.24. The first-order valence-electron chi connectivity index (χ1n) is 10.2. The van der Waals surface area contributed by atoms with Crippen LogP contribution in [0.25, 0.3) is 0 Å². The van der Waals surface area contributed by atoms with Gasteiger partial charge in [-0.3, -0.25) is 19.3 Å². The summed E-state index contributed by atoms with van der Waals surface area (Å²) < 4.78 is 0. The molecule has 7 heteroatoms. The fourth-order valence-electron chi connectivity index (χ4n) is 5.38. The molecule has 0 spiro atoms. The van der Waals surface area contributed by atoms with Crippen molar-refractivity contribution in [2.24, 2.45) is 23.7 Å². The van der Waals surface area contributed by atoms with Gasteiger partial charge in [-0.1, -0.05) is 30.3 Å². The second-order valence-corrected chi connectivity index (χ2v) is 9.51. The number of amides is 3. The fourth-order valence-corrected chi connectivity index (χ4v) is 6.23. The van der Waals surface area contributed by atoms with Crippen molar-refractivity contribution in [2.45, 2.75) is 38.6 Å². The molecule has 2 saturated carbocycles. The number of thiazole rings is 1. The molecule has 3 amide bonds.